The average molecular weight is 296 g/mol. The molecule has 0 aromatic rings. The monoisotopic (exact) mass is 296 g/mol. The van der Waals surface area contributed by atoms with E-state index in [9.17, 15) is 9.90 Å². The molecule has 1 N–H and O–H groups in total. The Bertz CT molecular complexity index is 469. The van der Waals surface area contributed by atoms with Crippen LogP contribution in [0.25, 0.3) is 0 Å². The van der Waals surface area contributed by atoms with Crippen LogP contribution in [0, 0.1) is 17.3 Å². The summed E-state index contributed by atoms with van der Waals surface area (Å²) in [5.74, 6) is -0.672. The van der Waals surface area contributed by atoms with Crippen LogP contribution in [0.2, 0.25) is 0 Å². The Labute approximate surface area is 125 Å². The molecule has 1 aliphatic heterocycles. The van der Waals surface area contributed by atoms with E-state index in [1.165, 1.54) is 7.11 Å². The highest BCUT2D eigenvalue weighted by Crippen LogP contribution is 2.51. The molecule has 1 saturated heterocycles. The fourth-order valence-corrected chi connectivity index (χ4v) is 3.71. The minimum atomic E-state index is -0.591. The van der Waals surface area contributed by atoms with E-state index in [0.29, 0.717) is 25.2 Å². The van der Waals surface area contributed by atoms with Crippen molar-refractivity contribution in [3.8, 4) is 0 Å². The Morgan fingerprint density at radius 3 is 2.62 bits per heavy atom. The van der Waals surface area contributed by atoms with Crippen LogP contribution in [0.4, 0.5) is 0 Å². The third-order valence-corrected chi connectivity index (χ3v) is 5.02. The predicted octanol–water partition coefficient (Wildman–Crippen LogP) is 2.56. The van der Waals surface area contributed by atoms with Gasteiger partial charge in [-0.3, -0.25) is 0 Å². The number of hydrogen-bond donors (Lipinski definition) is 1. The zero-order valence-corrected chi connectivity index (χ0v) is 13.0. The Morgan fingerprint density at radius 1 is 1.33 bits per heavy atom. The lowest BCUT2D eigenvalue weighted by atomic mass is 9.68. The molecule has 2 bridgehead atoms. The maximum Gasteiger partial charge on any atom is 0.337 e. The van der Waals surface area contributed by atoms with Gasteiger partial charge in [-0.2, -0.15) is 0 Å². The molecule has 0 aromatic carbocycles. The molecule has 2 fully saturated rings. The van der Waals surface area contributed by atoms with Crippen molar-refractivity contribution in [1.29, 1.82) is 0 Å². The van der Waals surface area contributed by atoms with Crippen LogP contribution >= 0.6 is 0 Å². The molecule has 0 amide bonds. The summed E-state index contributed by atoms with van der Waals surface area (Å²) in [5, 5.41) is 10.2. The average Bonchev–Trinajstić information content (AvgIpc) is 2.47. The van der Waals surface area contributed by atoms with E-state index in [0.717, 1.165) is 19.3 Å². The number of allylic oxidation sites excluding steroid dienone is 1. The normalized spacial score (nSPS) is 33.9. The van der Waals surface area contributed by atoms with E-state index >= 15 is 0 Å². The maximum atomic E-state index is 11.9. The molecule has 118 valence electrons. The van der Waals surface area contributed by atoms with E-state index in [1.807, 2.05) is 0 Å². The lowest BCUT2D eigenvalue weighted by Gasteiger charge is -2.52. The molecule has 5 heteroatoms. The zero-order chi connectivity index (χ0) is 15.3. The van der Waals surface area contributed by atoms with Crippen LogP contribution in [-0.2, 0) is 19.0 Å². The third-order valence-electron chi connectivity index (χ3n) is 5.02. The van der Waals surface area contributed by atoms with Crippen LogP contribution in [0.3, 0.4) is 0 Å². The van der Waals surface area contributed by atoms with Gasteiger partial charge in [-0.15, -0.1) is 0 Å². The van der Waals surface area contributed by atoms with Gasteiger partial charge in [0.2, 0.25) is 0 Å². The Kier molecular flexibility index (Phi) is 3.53. The number of hydrogen-bond acceptors (Lipinski definition) is 5. The summed E-state index contributed by atoms with van der Waals surface area (Å²) in [7, 11) is 1.35. The summed E-state index contributed by atoms with van der Waals surface area (Å²) in [6, 6.07) is 0. The Hall–Kier alpha value is -1.07. The second kappa shape index (κ2) is 4.99. The molecule has 1 heterocycles. The number of methoxy groups -OCH3 is 1. The molecule has 1 spiro atoms. The van der Waals surface area contributed by atoms with Gasteiger partial charge in [-0.05, 0) is 19.3 Å². The number of esters is 1. The highest BCUT2D eigenvalue weighted by molar-refractivity contribution is 5.89. The first kappa shape index (κ1) is 14.9. The van der Waals surface area contributed by atoms with E-state index in [2.05, 4.69) is 13.8 Å². The fraction of sp³-hybridized carbons (Fsp3) is 0.812. The summed E-state index contributed by atoms with van der Waals surface area (Å²) in [6.07, 6.45) is 2.84. The largest absolute Gasteiger partial charge is 0.511 e. The summed E-state index contributed by atoms with van der Waals surface area (Å²) in [6.45, 7) is 5.57. The van der Waals surface area contributed by atoms with Crippen LogP contribution in [-0.4, -0.2) is 37.2 Å². The summed E-state index contributed by atoms with van der Waals surface area (Å²) in [5.41, 5.74) is 0.426. The highest BCUT2D eigenvalue weighted by atomic mass is 16.7. The van der Waals surface area contributed by atoms with Gasteiger partial charge in [0, 0.05) is 23.7 Å². The lowest BCUT2D eigenvalue weighted by Crippen LogP contribution is -2.55. The van der Waals surface area contributed by atoms with Gasteiger partial charge in [0.15, 0.2) is 5.79 Å². The molecule has 2 unspecified atom stereocenters. The van der Waals surface area contributed by atoms with Crippen molar-refractivity contribution < 1.29 is 24.1 Å². The molecular weight excluding hydrogens is 272 g/mol. The standard InChI is InChI=1S/C16H24O5/c1-15(2)8-20-16(21-9-15)5-4-10-6-11(16)7-12(13(10)17)14(18)19-3/h10-11,17H,4-9H2,1-3H3. The molecular formula is C16H24O5. The number of rotatable bonds is 1. The van der Waals surface area contributed by atoms with Crippen molar-refractivity contribution in [2.45, 2.75) is 45.3 Å². The molecule has 2 aliphatic carbocycles. The quantitative estimate of drug-likeness (QED) is 0.753. The first-order valence-corrected chi connectivity index (χ1v) is 7.65. The van der Waals surface area contributed by atoms with Crippen molar-refractivity contribution in [2.24, 2.45) is 17.3 Å². The van der Waals surface area contributed by atoms with Crippen LogP contribution in [0.1, 0.15) is 39.5 Å². The summed E-state index contributed by atoms with van der Waals surface area (Å²) < 4.78 is 17.0. The lowest BCUT2D eigenvalue weighted by molar-refractivity contribution is -0.336. The van der Waals surface area contributed by atoms with E-state index in [-0.39, 0.29) is 23.0 Å². The molecule has 3 aliphatic rings. The van der Waals surface area contributed by atoms with Crippen LogP contribution in [0.15, 0.2) is 11.3 Å². The Morgan fingerprint density at radius 2 is 2.00 bits per heavy atom. The smallest absolute Gasteiger partial charge is 0.337 e. The molecule has 0 radical (unpaired) electrons. The van der Waals surface area contributed by atoms with Crippen molar-refractivity contribution in [3.05, 3.63) is 11.3 Å². The molecule has 21 heavy (non-hydrogen) atoms. The van der Waals surface area contributed by atoms with Crippen molar-refractivity contribution in [1.82, 2.24) is 0 Å². The number of ether oxygens (including phenoxy) is 3. The van der Waals surface area contributed by atoms with Gasteiger partial charge in [0.25, 0.3) is 0 Å². The zero-order valence-electron chi connectivity index (χ0n) is 13.0. The topological polar surface area (TPSA) is 65.0 Å². The molecule has 2 atom stereocenters. The van der Waals surface area contributed by atoms with Crippen LogP contribution in [0.5, 0.6) is 0 Å². The molecule has 0 aromatic heterocycles. The van der Waals surface area contributed by atoms with Gasteiger partial charge < -0.3 is 19.3 Å². The van der Waals surface area contributed by atoms with Gasteiger partial charge in [0.05, 0.1) is 25.9 Å². The summed E-state index contributed by atoms with van der Waals surface area (Å²) >= 11 is 0. The van der Waals surface area contributed by atoms with Crippen molar-refractivity contribution in [2.75, 3.05) is 20.3 Å². The SMILES string of the molecule is COC(=O)C1=C(O)C2CCC3(OCC(C)(C)CO3)C(C1)C2. The number of carbonyl (C=O) groups is 1. The van der Waals surface area contributed by atoms with Gasteiger partial charge >= 0.3 is 5.97 Å². The second-order valence-electron chi connectivity index (χ2n) is 7.28. The van der Waals surface area contributed by atoms with Crippen LogP contribution < -0.4 is 0 Å². The van der Waals surface area contributed by atoms with Gasteiger partial charge in [-0.25, -0.2) is 4.79 Å². The minimum Gasteiger partial charge on any atom is -0.511 e. The predicted molar refractivity (Wildman–Crippen MR) is 75.5 cm³/mol. The van der Waals surface area contributed by atoms with Crippen molar-refractivity contribution in [3.63, 3.8) is 0 Å². The number of aliphatic hydroxyl groups is 1. The number of aliphatic hydroxyl groups excluding tert-OH is 1. The Balaban J connectivity index is 1.83. The van der Waals surface area contributed by atoms with E-state index < -0.39 is 11.8 Å². The van der Waals surface area contributed by atoms with E-state index in [4.69, 9.17) is 14.2 Å². The number of carbonyl (C=O) groups excluding carboxylic acids is 1. The number of fused-ring (bicyclic) bond motifs is 3. The highest BCUT2D eigenvalue weighted by Gasteiger charge is 2.53. The fourth-order valence-electron chi connectivity index (χ4n) is 3.71. The van der Waals surface area contributed by atoms with Gasteiger partial charge in [-0.1, -0.05) is 13.8 Å². The third kappa shape index (κ3) is 2.46. The van der Waals surface area contributed by atoms with Gasteiger partial charge in [0.1, 0.15) is 5.76 Å². The molecule has 5 nitrogen and oxygen atoms in total. The molecule has 3 rings (SSSR count). The van der Waals surface area contributed by atoms with E-state index in [1.54, 1.807) is 0 Å². The minimum absolute atomic E-state index is 0.0277. The second-order valence-corrected chi connectivity index (χ2v) is 7.28. The van der Waals surface area contributed by atoms with Crippen molar-refractivity contribution >= 4 is 5.97 Å². The maximum absolute atomic E-state index is 11.9. The first-order valence-electron chi connectivity index (χ1n) is 7.65. The summed E-state index contributed by atoms with van der Waals surface area (Å²) in [4.78, 5) is 11.9. The molecule has 1 saturated carbocycles. The first-order chi connectivity index (χ1) is 9.87.